The normalized spacial score (nSPS) is 11.0. The highest BCUT2D eigenvalue weighted by atomic mass is 32.1. The van der Waals surface area contributed by atoms with Crippen molar-refractivity contribution in [3.8, 4) is 22.8 Å². The maximum Gasteiger partial charge on any atom is 0.261 e. The average Bonchev–Trinajstić information content (AvgIpc) is 3.25. The van der Waals surface area contributed by atoms with Crippen LogP contribution in [0.15, 0.2) is 24.3 Å². The number of carbonyl (C=O) groups excluding carboxylic acids is 1. The number of rotatable bonds is 8. The van der Waals surface area contributed by atoms with Gasteiger partial charge in [0.05, 0.1) is 19.1 Å². The Labute approximate surface area is 161 Å². The summed E-state index contributed by atoms with van der Waals surface area (Å²) in [6.07, 6.45) is 0.783. The molecule has 8 heteroatoms. The molecule has 2 aromatic heterocycles. The number of methoxy groups -OCH3 is 3. The van der Waals surface area contributed by atoms with E-state index in [1.807, 2.05) is 31.3 Å². The number of amides is 1. The van der Waals surface area contributed by atoms with Crippen LogP contribution in [-0.2, 0) is 11.8 Å². The van der Waals surface area contributed by atoms with Gasteiger partial charge in [-0.3, -0.25) is 9.48 Å². The van der Waals surface area contributed by atoms with Crippen LogP contribution in [0.3, 0.4) is 0 Å². The summed E-state index contributed by atoms with van der Waals surface area (Å²) in [5, 5.41) is 8.48. The molecule has 0 saturated carbocycles. The molecule has 1 N–H and O–H groups in total. The highest BCUT2D eigenvalue weighted by Crippen LogP contribution is 2.37. The number of ether oxygens (including phenoxy) is 3. The molecule has 27 heavy (non-hydrogen) atoms. The molecule has 0 aliphatic rings. The molecule has 0 bridgehead atoms. The first-order valence-corrected chi connectivity index (χ1v) is 9.36. The summed E-state index contributed by atoms with van der Waals surface area (Å²) in [4.78, 5) is 14.0. The van der Waals surface area contributed by atoms with Gasteiger partial charge in [-0.2, -0.15) is 5.10 Å². The Bertz CT molecular complexity index is 948. The number of hydrogen-bond donors (Lipinski definition) is 1. The van der Waals surface area contributed by atoms with Gasteiger partial charge >= 0.3 is 0 Å². The fourth-order valence-electron chi connectivity index (χ4n) is 2.85. The van der Waals surface area contributed by atoms with E-state index >= 15 is 0 Å². The quantitative estimate of drug-likeness (QED) is 0.599. The maximum atomic E-state index is 12.4. The molecule has 0 fully saturated rings. The number of fused-ring (bicyclic) bond motifs is 1. The summed E-state index contributed by atoms with van der Waals surface area (Å²) < 4.78 is 17.5. The topological polar surface area (TPSA) is 74.6 Å². The number of thiophene rings is 1. The molecule has 3 rings (SSSR count). The van der Waals surface area contributed by atoms with Crippen molar-refractivity contribution in [2.45, 2.75) is 6.42 Å². The van der Waals surface area contributed by atoms with Gasteiger partial charge < -0.3 is 19.5 Å². The van der Waals surface area contributed by atoms with Gasteiger partial charge in [-0.25, -0.2) is 0 Å². The minimum atomic E-state index is -0.0782. The Morgan fingerprint density at radius 3 is 2.67 bits per heavy atom. The molecule has 0 saturated heterocycles. The largest absolute Gasteiger partial charge is 0.493 e. The van der Waals surface area contributed by atoms with Crippen molar-refractivity contribution in [2.75, 3.05) is 34.5 Å². The van der Waals surface area contributed by atoms with Crippen LogP contribution in [-0.4, -0.2) is 50.2 Å². The standard InChI is InChI=1S/C19H23N3O4S/c1-22-19-13(11-16(27-19)18(23)20-8-5-9-24-2)17(21-22)12-6-7-14(25-3)15(10-12)26-4/h6-7,10-11H,5,8-9H2,1-4H3,(H,20,23). The lowest BCUT2D eigenvalue weighted by atomic mass is 10.1. The van der Waals surface area contributed by atoms with E-state index in [2.05, 4.69) is 10.4 Å². The number of aromatic nitrogens is 2. The number of benzene rings is 1. The summed E-state index contributed by atoms with van der Waals surface area (Å²) in [5.74, 6) is 1.22. The van der Waals surface area contributed by atoms with E-state index in [1.54, 1.807) is 26.0 Å². The molecule has 0 atom stereocenters. The second kappa shape index (κ2) is 8.41. The molecule has 1 aromatic carbocycles. The third-order valence-corrected chi connectivity index (χ3v) is 5.40. The van der Waals surface area contributed by atoms with Gasteiger partial charge in [0.1, 0.15) is 10.5 Å². The van der Waals surface area contributed by atoms with E-state index in [-0.39, 0.29) is 5.91 Å². The molecule has 0 spiro atoms. The number of aryl methyl sites for hydroxylation is 1. The van der Waals surface area contributed by atoms with Crippen molar-refractivity contribution >= 4 is 27.5 Å². The predicted octanol–water partition coefficient (Wildman–Crippen LogP) is 3.09. The zero-order valence-electron chi connectivity index (χ0n) is 15.9. The van der Waals surface area contributed by atoms with Gasteiger partial charge in [-0.1, -0.05) is 0 Å². The van der Waals surface area contributed by atoms with Crippen molar-refractivity contribution in [3.05, 3.63) is 29.1 Å². The Morgan fingerprint density at radius 2 is 1.96 bits per heavy atom. The summed E-state index contributed by atoms with van der Waals surface area (Å²) in [7, 11) is 6.74. The van der Waals surface area contributed by atoms with Crippen LogP contribution in [0.25, 0.3) is 21.5 Å². The summed E-state index contributed by atoms with van der Waals surface area (Å²) >= 11 is 1.43. The molecule has 0 unspecified atom stereocenters. The second-order valence-electron chi connectivity index (χ2n) is 5.97. The monoisotopic (exact) mass is 389 g/mol. The lowest BCUT2D eigenvalue weighted by Gasteiger charge is -2.08. The van der Waals surface area contributed by atoms with Gasteiger partial charge in [-0.15, -0.1) is 11.3 Å². The molecule has 144 valence electrons. The van der Waals surface area contributed by atoms with Crippen LogP contribution in [0.2, 0.25) is 0 Å². The van der Waals surface area contributed by atoms with Crippen molar-refractivity contribution in [1.82, 2.24) is 15.1 Å². The molecule has 3 aromatic rings. The molecule has 2 heterocycles. The Hall–Kier alpha value is -2.58. The lowest BCUT2D eigenvalue weighted by Crippen LogP contribution is -2.24. The van der Waals surface area contributed by atoms with E-state index < -0.39 is 0 Å². The number of nitrogens with one attached hydrogen (secondary N) is 1. The van der Waals surface area contributed by atoms with Crippen LogP contribution in [0.5, 0.6) is 11.5 Å². The molecule has 0 aliphatic carbocycles. The smallest absolute Gasteiger partial charge is 0.261 e. The fraction of sp³-hybridized carbons (Fsp3) is 0.368. The molecule has 0 aliphatic heterocycles. The van der Waals surface area contributed by atoms with E-state index in [0.29, 0.717) is 29.5 Å². The van der Waals surface area contributed by atoms with Gasteiger partial charge in [0.15, 0.2) is 11.5 Å². The van der Waals surface area contributed by atoms with Crippen molar-refractivity contribution in [1.29, 1.82) is 0 Å². The van der Waals surface area contributed by atoms with Gasteiger partial charge in [0.25, 0.3) is 5.91 Å². The van der Waals surface area contributed by atoms with Crippen molar-refractivity contribution in [2.24, 2.45) is 7.05 Å². The minimum Gasteiger partial charge on any atom is -0.493 e. The fourth-order valence-corrected chi connectivity index (χ4v) is 3.84. The van der Waals surface area contributed by atoms with Crippen LogP contribution in [0.1, 0.15) is 16.1 Å². The average molecular weight is 389 g/mol. The maximum absolute atomic E-state index is 12.4. The van der Waals surface area contributed by atoms with Crippen LogP contribution in [0, 0.1) is 0 Å². The summed E-state index contributed by atoms with van der Waals surface area (Å²) in [6.45, 7) is 1.21. The molecular formula is C19H23N3O4S. The minimum absolute atomic E-state index is 0.0782. The first-order chi connectivity index (χ1) is 13.1. The van der Waals surface area contributed by atoms with E-state index in [0.717, 1.165) is 27.9 Å². The third-order valence-electron chi connectivity index (χ3n) is 4.20. The number of carbonyl (C=O) groups is 1. The highest BCUT2D eigenvalue weighted by molar-refractivity contribution is 7.20. The highest BCUT2D eigenvalue weighted by Gasteiger charge is 2.18. The first kappa shape index (κ1) is 19.2. The third kappa shape index (κ3) is 3.91. The molecule has 0 radical (unpaired) electrons. The van der Waals surface area contributed by atoms with Crippen LogP contribution in [0.4, 0.5) is 0 Å². The molecular weight excluding hydrogens is 366 g/mol. The van der Waals surface area contributed by atoms with Gasteiger partial charge in [0.2, 0.25) is 0 Å². The Balaban J connectivity index is 1.91. The summed E-state index contributed by atoms with van der Waals surface area (Å²) in [6, 6.07) is 7.57. The van der Waals surface area contributed by atoms with Crippen LogP contribution >= 0.6 is 11.3 Å². The van der Waals surface area contributed by atoms with Gasteiger partial charge in [-0.05, 0) is 30.7 Å². The predicted molar refractivity (Wildman–Crippen MR) is 106 cm³/mol. The Morgan fingerprint density at radius 1 is 1.19 bits per heavy atom. The SMILES string of the molecule is COCCCNC(=O)c1cc2c(-c3ccc(OC)c(OC)c3)nn(C)c2s1. The van der Waals surface area contributed by atoms with E-state index in [4.69, 9.17) is 14.2 Å². The second-order valence-corrected chi connectivity index (χ2v) is 7.00. The van der Waals surface area contributed by atoms with Crippen molar-refractivity contribution in [3.63, 3.8) is 0 Å². The lowest BCUT2D eigenvalue weighted by molar-refractivity contribution is 0.0952. The van der Waals surface area contributed by atoms with Gasteiger partial charge in [0, 0.05) is 38.3 Å². The van der Waals surface area contributed by atoms with E-state index in [9.17, 15) is 4.79 Å². The first-order valence-electron chi connectivity index (χ1n) is 8.55. The zero-order valence-corrected chi connectivity index (χ0v) is 16.7. The summed E-state index contributed by atoms with van der Waals surface area (Å²) in [5.41, 5.74) is 1.71. The number of nitrogens with zero attached hydrogens (tertiary/aromatic N) is 2. The molecule has 7 nitrogen and oxygen atoms in total. The Kier molecular flexibility index (Phi) is 5.98. The van der Waals surface area contributed by atoms with E-state index in [1.165, 1.54) is 11.3 Å². The molecule has 1 amide bonds. The van der Waals surface area contributed by atoms with Crippen molar-refractivity contribution < 1.29 is 19.0 Å². The van der Waals surface area contributed by atoms with Crippen LogP contribution < -0.4 is 14.8 Å². The zero-order chi connectivity index (χ0) is 19.4. The number of hydrogen-bond acceptors (Lipinski definition) is 6.